The molecule has 0 aliphatic carbocycles. The van der Waals surface area contributed by atoms with E-state index in [9.17, 15) is 0 Å². The number of rotatable bonds is 0. The summed E-state index contributed by atoms with van der Waals surface area (Å²) in [6.45, 7) is 0. The van der Waals surface area contributed by atoms with Crippen LogP contribution in [0.4, 0.5) is 0 Å². The van der Waals surface area contributed by atoms with Crippen LogP contribution in [-0.4, -0.2) is 0 Å². The van der Waals surface area contributed by atoms with Crippen LogP contribution in [-0.2, 0) is 0 Å². The second kappa shape index (κ2) is 2.96. The zero-order chi connectivity index (χ0) is 7.56. The molecule has 0 aromatic heterocycles. The maximum absolute atomic E-state index is 6.79. The third kappa shape index (κ3) is 1.26. The van der Waals surface area contributed by atoms with Crippen molar-refractivity contribution < 1.29 is 0 Å². The minimum absolute atomic E-state index is 0.388. The van der Waals surface area contributed by atoms with Gasteiger partial charge < -0.3 is 0 Å². The summed E-state index contributed by atoms with van der Waals surface area (Å²) in [7, 11) is 0. The van der Waals surface area contributed by atoms with Gasteiger partial charge in [-0.15, -0.1) is 0 Å². The van der Waals surface area contributed by atoms with Crippen LogP contribution in [0.5, 0.6) is 0 Å². The SMILES string of the molecule is [C]#Cc1cccc(Cl)c1Cl. The van der Waals surface area contributed by atoms with Gasteiger partial charge in [-0.25, -0.2) is 0 Å². The van der Waals surface area contributed by atoms with Gasteiger partial charge in [0, 0.05) is 5.56 Å². The van der Waals surface area contributed by atoms with Crippen LogP contribution in [0, 0.1) is 12.3 Å². The molecule has 0 nitrogen and oxygen atoms in total. The smallest absolute Gasteiger partial charge is 0.0749 e. The molecule has 1 aromatic carbocycles. The van der Waals surface area contributed by atoms with Crippen molar-refractivity contribution in [1.82, 2.24) is 0 Å². The van der Waals surface area contributed by atoms with E-state index < -0.39 is 0 Å². The third-order valence-electron chi connectivity index (χ3n) is 1.09. The van der Waals surface area contributed by atoms with Gasteiger partial charge in [-0.2, -0.15) is 0 Å². The van der Waals surface area contributed by atoms with Crippen molar-refractivity contribution in [3.63, 3.8) is 0 Å². The maximum atomic E-state index is 6.79. The fourth-order valence-corrected chi connectivity index (χ4v) is 0.948. The van der Waals surface area contributed by atoms with Gasteiger partial charge in [0.15, 0.2) is 0 Å². The molecule has 0 spiro atoms. The highest BCUT2D eigenvalue weighted by Crippen LogP contribution is 2.24. The predicted octanol–water partition coefficient (Wildman–Crippen LogP) is 2.93. The molecule has 0 heterocycles. The minimum atomic E-state index is 0.388. The molecule has 0 aliphatic rings. The molecule has 49 valence electrons. The highest BCUT2D eigenvalue weighted by molar-refractivity contribution is 6.42. The van der Waals surface area contributed by atoms with E-state index in [1.807, 2.05) is 0 Å². The first-order chi connectivity index (χ1) is 4.75. The third-order valence-corrected chi connectivity index (χ3v) is 1.91. The van der Waals surface area contributed by atoms with E-state index in [1.165, 1.54) is 0 Å². The number of halogens is 2. The molecule has 0 bridgehead atoms. The highest BCUT2D eigenvalue weighted by Gasteiger charge is 1.99. The van der Waals surface area contributed by atoms with Crippen molar-refractivity contribution in [1.29, 1.82) is 0 Å². The Bertz CT molecular complexity index is 284. The Morgan fingerprint density at radius 3 is 2.50 bits per heavy atom. The summed E-state index contributed by atoms with van der Waals surface area (Å²) in [5, 5.41) is 0.845. The zero-order valence-electron chi connectivity index (χ0n) is 4.99. The molecule has 0 unspecified atom stereocenters. The average Bonchev–Trinajstić information content (AvgIpc) is 1.95. The van der Waals surface area contributed by atoms with E-state index >= 15 is 0 Å². The van der Waals surface area contributed by atoms with Gasteiger partial charge in [-0.05, 0) is 18.6 Å². The summed E-state index contributed by atoms with van der Waals surface area (Å²) in [6.07, 6.45) is 6.79. The van der Waals surface area contributed by atoms with Crippen LogP contribution >= 0.6 is 23.2 Å². The molecule has 0 saturated heterocycles. The molecule has 0 aliphatic heterocycles. The van der Waals surface area contributed by atoms with Crippen molar-refractivity contribution >= 4 is 23.2 Å². The Labute approximate surface area is 69.8 Å². The second-order valence-corrected chi connectivity index (χ2v) is 2.51. The van der Waals surface area contributed by atoms with Gasteiger partial charge in [0.25, 0.3) is 0 Å². The lowest BCUT2D eigenvalue weighted by Gasteiger charge is -1.95. The van der Waals surface area contributed by atoms with Crippen LogP contribution in [0.1, 0.15) is 5.56 Å². The van der Waals surface area contributed by atoms with Crippen molar-refractivity contribution in [2.45, 2.75) is 0 Å². The Morgan fingerprint density at radius 2 is 2.00 bits per heavy atom. The molecule has 1 rings (SSSR count). The van der Waals surface area contributed by atoms with Crippen LogP contribution < -0.4 is 0 Å². The van der Waals surface area contributed by atoms with E-state index in [2.05, 4.69) is 5.92 Å². The topological polar surface area (TPSA) is 0 Å². The molecule has 1 aromatic rings. The minimum Gasteiger partial charge on any atom is -0.0827 e. The standard InChI is InChI=1S/C8H3Cl2/c1-2-6-4-3-5-7(9)8(6)10/h3-5H. The molecule has 10 heavy (non-hydrogen) atoms. The number of hydrogen-bond acceptors (Lipinski definition) is 0. The first kappa shape index (κ1) is 7.47. The molecule has 0 amide bonds. The lowest BCUT2D eigenvalue weighted by Crippen LogP contribution is -1.75. The van der Waals surface area contributed by atoms with Gasteiger partial charge in [0.2, 0.25) is 0 Å². The summed E-state index contributed by atoms with van der Waals surface area (Å²) in [4.78, 5) is 0. The fourth-order valence-electron chi connectivity index (χ4n) is 0.600. The Hall–Kier alpha value is -0.640. The molecule has 2 heteroatoms. The first-order valence-electron chi connectivity index (χ1n) is 2.62. The van der Waals surface area contributed by atoms with Crippen LogP contribution in [0.3, 0.4) is 0 Å². The van der Waals surface area contributed by atoms with E-state index in [-0.39, 0.29) is 0 Å². The molecular weight excluding hydrogens is 167 g/mol. The summed E-state index contributed by atoms with van der Waals surface area (Å²) >= 11 is 11.3. The van der Waals surface area contributed by atoms with Crippen molar-refractivity contribution in [2.75, 3.05) is 0 Å². The Morgan fingerprint density at radius 1 is 1.30 bits per heavy atom. The summed E-state index contributed by atoms with van der Waals surface area (Å²) in [5.41, 5.74) is 0.522. The first-order valence-corrected chi connectivity index (χ1v) is 3.38. The van der Waals surface area contributed by atoms with Gasteiger partial charge >= 0.3 is 0 Å². The van der Waals surface area contributed by atoms with Crippen molar-refractivity contribution in [3.05, 3.63) is 40.2 Å². The van der Waals surface area contributed by atoms with E-state index in [0.717, 1.165) is 0 Å². The van der Waals surface area contributed by atoms with Crippen molar-refractivity contribution in [2.24, 2.45) is 0 Å². The van der Waals surface area contributed by atoms with Gasteiger partial charge in [-0.3, -0.25) is 0 Å². The van der Waals surface area contributed by atoms with Gasteiger partial charge in [0.1, 0.15) is 0 Å². The lowest BCUT2D eigenvalue weighted by atomic mass is 10.2. The number of benzene rings is 1. The van der Waals surface area contributed by atoms with Gasteiger partial charge in [-0.1, -0.05) is 35.2 Å². The predicted molar refractivity (Wildman–Crippen MR) is 42.7 cm³/mol. The molecular formula is C8H3Cl2. The normalized spacial score (nSPS) is 8.90. The summed E-state index contributed by atoms with van der Waals surface area (Å²) < 4.78 is 0. The summed E-state index contributed by atoms with van der Waals surface area (Å²) in [5.74, 6) is 2.17. The van der Waals surface area contributed by atoms with Crippen LogP contribution in [0.2, 0.25) is 10.0 Å². The quantitative estimate of drug-likeness (QED) is 0.525. The van der Waals surface area contributed by atoms with Crippen LogP contribution in [0.15, 0.2) is 18.2 Å². The van der Waals surface area contributed by atoms with Gasteiger partial charge in [0.05, 0.1) is 10.0 Å². The average molecular weight is 170 g/mol. The number of hydrogen-bond donors (Lipinski definition) is 0. The van der Waals surface area contributed by atoms with E-state index in [0.29, 0.717) is 15.6 Å². The second-order valence-electron chi connectivity index (χ2n) is 1.73. The lowest BCUT2D eigenvalue weighted by molar-refractivity contribution is 1.64. The monoisotopic (exact) mass is 169 g/mol. The molecule has 0 fully saturated rings. The Balaban J connectivity index is 3.31. The zero-order valence-corrected chi connectivity index (χ0v) is 6.50. The molecule has 1 radical (unpaired) electrons. The fraction of sp³-hybridized carbons (Fsp3) is 0. The summed E-state index contributed by atoms with van der Waals surface area (Å²) in [6, 6.07) is 5.08. The molecule has 0 N–H and O–H groups in total. The molecule has 0 saturated carbocycles. The maximum Gasteiger partial charge on any atom is 0.0749 e. The Kier molecular flexibility index (Phi) is 2.21. The largest absolute Gasteiger partial charge is 0.0827 e. The van der Waals surface area contributed by atoms with E-state index in [4.69, 9.17) is 29.6 Å². The van der Waals surface area contributed by atoms with E-state index in [1.54, 1.807) is 18.2 Å². The van der Waals surface area contributed by atoms with Crippen LogP contribution in [0.25, 0.3) is 0 Å². The highest BCUT2D eigenvalue weighted by atomic mass is 35.5. The van der Waals surface area contributed by atoms with Crippen molar-refractivity contribution in [3.8, 4) is 5.92 Å². The molecule has 0 atom stereocenters.